The molecule has 0 saturated carbocycles. The summed E-state index contributed by atoms with van der Waals surface area (Å²) in [6, 6.07) is 12.0. The molecule has 0 spiro atoms. The smallest absolute Gasteiger partial charge is 0.338 e. The number of benzene rings is 2. The second-order valence-corrected chi connectivity index (χ2v) is 9.69. The average Bonchev–Trinajstić information content (AvgIpc) is 3.31. The van der Waals surface area contributed by atoms with Crippen LogP contribution in [0.1, 0.15) is 51.6 Å². The van der Waals surface area contributed by atoms with Crippen molar-refractivity contribution in [1.82, 2.24) is 10.3 Å². The highest BCUT2D eigenvalue weighted by Gasteiger charge is 2.24. The Morgan fingerprint density at radius 2 is 1.36 bits per heavy atom. The van der Waals surface area contributed by atoms with Crippen molar-refractivity contribution in [3.8, 4) is 0 Å². The third-order valence-corrected chi connectivity index (χ3v) is 6.84. The van der Waals surface area contributed by atoms with Crippen LogP contribution in [0.4, 0.5) is 26.1 Å². The summed E-state index contributed by atoms with van der Waals surface area (Å²) < 4.78 is 9.92. The van der Waals surface area contributed by atoms with Crippen molar-refractivity contribution < 1.29 is 28.7 Å². The maximum atomic E-state index is 12.5. The minimum atomic E-state index is -0.451. The van der Waals surface area contributed by atoms with Crippen molar-refractivity contribution in [2.75, 3.05) is 29.2 Å². The SMILES string of the molecule is CCOC(=O)c1ccc(NC(=O)Nc2nc3c(s2)CC(NC(=O)Nc2ccc(C(=O)OCC)cc2)CC3)cc1. The molecule has 1 aliphatic rings. The van der Waals surface area contributed by atoms with Crippen molar-refractivity contribution in [3.63, 3.8) is 0 Å². The van der Waals surface area contributed by atoms with Crippen LogP contribution < -0.4 is 21.3 Å². The summed E-state index contributed by atoms with van der Waals surface area (Å²) in [6.07, 6.45) is 1.98. The number of hydrogen-bond donors (Lipinski definition) is 4. The van der Waals surface area contributed by atoms with Gasteiger partial charge < -0.3 is 25.4 Å². The van der Waals surface area contributed by atoms with E-state index in [-0.39, 0.29) is 18.7 Å². The summed E-state index contributed by atoms with van der Waals surface area (Å²) in [5.41, 5.74) is 2.80. The number of urea groups is 2. The second kappa shape index (κ2) is 12.9. The Morgan fingerprint density at radius 1 is 0.821 bits per heavy atom. The lowest BCUT2D eigenvalue weighted by molar-refractivity contribution is 0.0517. The lowest BCUT2D eigenvalue weighted by atomic mass is 9.98. The number of fused-ring (bicyclic) bond motifs is 1. The van der Waals surface area contributed by atoms with Crippen LogP contribution in [0.2, 0.25) is 0 Å². The highest BCUT2D eigenvalue weighted by atomic mass is 32.1. The lowest BCUT2D eigenvalue weighted by Crippen LogP contribution is -2.41. The topological polar surface area (TPSA) is 148 Å². The summed E-state index contributed by atoms with van der Waals surface area (Å²) in [4.78, 5) is 54.0. The molecular weight excluding hydrogens is 522 g/mol. The van der Waals surface area contributed by atoms with Crippen molar-refractivity contribution in [3.05, 3.63) is 70.2 Å². The molecule has 1 unspecified atom stereocenters. The number of anilines is 3. The molecule has 1 heterocycles. The first kappa shape index (κ1) is 27.6. The number of hydrogen-bond acceptors (Lipinski definition) is 8. The number of esters is 2. The molecule has 12 heteroatoms. The number of carbonyl (C=O) groups excluding carboxylic acids is 4. The number of nitrogens with zero attached hydrogens (tertiary/aromatic N) is 1. The van der Waals surface area contributed by atoms with Gasteiger partial charge >= 0.3 is 24.0 Å². The molecule has 4 rings (SSSR count). The number of aryl methyl sites for hydroxylation is 1. The first-order chi connectivity index (χ1) is 18.8. The number of thiazole rings is 1. The summed E-state index contributed by atoms with van der Waals surface area (Å²) in [5, 5.41) is 11.7. The van der Waals surface area contributed by atoms with Gasteiger partial charge in [0.15, 0.2) is 5.13 Å². The zero-order chi connectivity index (χ0) is 27.8. The van der Waals surface area contributed by atoms with Gasteiger partial charge in [0.25, 0.3) is 0 Å². The van der Waals surface area contributed by atoms with Gasteiger partial charge in [0, 0.05) is 28.7 Å². The summed E-state index contributed by atoms with van der Waals surface area (Å²) in [7, 11) is 0. The van der Waals surface area contributed by atoms with Crippen LogP contribution in [0.3, 0.4) is 0 Å². The van der Waals surface area contributed by atoms with Gasteiger partial charge in [-0.2, -0.15) is 0 Å². The maximum absolute atomic E-state index is 12.5. The number of amides is 4. The molecule has 1 aromatic heterocycles. The van der Waals surface area contributed by atoms with E-state index in [1.54, 1.807) is 62.4 Å². The zero-order valence-electron chi connectivity index (χ0n) is 21.5. The van der Waals surface area contributed by atoms with Gasteiger partial charge in [-0.15, -0.1) is 11.3 Å². The molecule has 0 radical (unpaired) electrons. The Balaban J connectivity index is 1.26. The van der Waals surface area contributed by atoms with E-state index >= 15 is 0 Å². The highest BCUT2D eigenvalue weighted by molar-refractivity contribution is 7.15. The van der Waals surface area contributed by atoms with E-state index in [2.05, 4.69) is 26.3 Å². The van der Waals surface area contributed by atoms with E-state index in [1.165, 1.54) is 11.3 Å². The fourth-order valence-electron chi connectivity index (χ4n) is 3.97. The van der Waals surface area contributed by atoms with Crippen molar-refractivity contribution in [2.45, 2.75) is 39.2 Å². The van der Waals surface area contributed by atoms with Gasteiger partial charge in [0.2, 0.25) is 0 Å². The summed E-state index contributed by atoms with van der Waals surface area (Å²) >= 11 is 1.37. The van der Waals surface area contributed by atoms with Crippen LogP contribution in [-0.2, 0) is 22.3 Å². The maximum Gasteiger partial charge on any atom is 0.338 e. The molecule has 4 amide bonds. The monoisotopic (exact) mass is 551 g/mol. The molecule has 0 fully saturated rings. The predicted molar refractivity (Wildman–Crippen MR) is 148 cm³/mol. The molecule has 11 nitrogen and oxygen atoms in total. The molecule has 204 valence electrons. The molecule has 1 atom stereocenters. The molecule has 3 aromatic rings. The van der Waals surface area contributed by atoms with E-state index in [0.717, 1.165) is 10.6 Å². The number of aromatic nitrogens is 1. The number of nitrogens with one attached hydrogen (secondary N) is 4. The standard InChI is InChI=1S/C27H29N5O6S/c1-3-37-23(33)16-5-9-18(10-6-16)28-25(35)30-20-13-14-21-22(15-20)39-27(31-21)32-26(36)29-19-11-7-17(8-12-19)24(34)38-4-2/h5-12,20H,3-4,13-15H2,1-2H3,(H2,28,30,35)(H2,29,31,32,36). The number of rotatable bonds is 8. The normalized spacial score (nSPS) is 13.9. The Hall–Kier alpha value is -4.45. The van der Waals surface area contributed by atoms with Crippen LogP contribution in [0, 0.1) is 0 Å². The van der Waals surface area contributed by atoms with Gasteiger partial charge in [0.05, 0.1) is 30.0 Å². The largest absolute Gasteiger partial charge is 0.462 e. The van der Waals surface area contributed by atoms with E-state index in [4.69, 9.17) is 9.47 Å². The molecule has 4 N–H and O–H groups in total. The minimum absolute atomic E-state index is 0.0867. The average molecular weight is 552 g/mol. The first-order valence-corrected chi connectivity index (χ1v) is 13.3. The second-order valence-electron chi connectivity index (χ2n) is 8.60. The molecule has 2 aromatic carbocycles. The van der Waals surface area contributed by atoms with E-state index in [9.17, 15) is 19.2 Å². The van der Waals surface area contributed by atoms with Crippen LogP contribution in [0.15, 0.2) is 48.5 Å². The first-order valence-electron chi connectivity index (χ1n) is 12.5. The Bertz CT molecular complexity index is 1340. The minimum Gasteiger partial charge on any atom is -0.462 e. The summed E-state index contributed by atoms with van der Waals surface area (Å²) in [6.45, 7) is 4.06. The third kappa shape index (κ3) is 7.54. The Labute approximate surface area is 229 Å². The summed E-state index contributed by atoms with van der Waals surface area (Å²) in [5.74, 6) is -0.830. The van der Waals surface area contributed by atoms with Gasteiger partial charge in [0.1, 0.15) is 0 Å². The van der Waals surface area contributed by atoms with E-state index < -0.39 is 18.0 Å². The van der Waals surface area contributed by atoms with Crippen LogP contribution in [-0.4, -0.2) is 48.2 Å². The van der Waals surface area contributed by atoms with Gasteiger partial charge in [-0.3, -0.25) is 5.32 Å². The van der Waals surface area contributed by atoms with Crippen molar-refractivity contribution >= 4 is 51.8 Å². The third-order valence-electron chi connectivity index (χ3n) is 5.80. The van der Waals surface area contributed by atoms with E-state index in [0.29, 0.717) is 53.5 Å². The molecule has 0 bridgehead atoms. The number of ether oxygens (including phenoxy) is 2. The predicted octanol–water partition coefficient (Wildman–Crippen LogP) is 4.82. The zero-order valence-corrected chi connectivity index (χ0v) is 22.4. The molecule has 0 saturated heterocycles. The van der Waals surface area contributed by atoms with Crippen LogP contribution in [0.5, 0.6) is 0 Å². The van der Waals surface area contributed by atoms with Crippen molar-refractivity contribution in [2.24, 2.45) is 0 Å². The van der Waals surface area contributed by atoms with Gasteiger partial charge in [-0.25, -0.2) is 24.2 Å². The van der Waals surface area contributed by atoms with Gasteiger partial charge in [-0.1, -0.05) is 0 Å². The lowest BCUT2D eigenvalue weighted by Gasteiger charge is -2.22. The molecule has 39 heavy (non-hydrogen) atoms. The quantitative estimate of drug-likeness (QED) is 0.293. The Morgan fingerprint density at radius 3 is 1.90 bits per heavy atom. The van der Waals surface area contributed by atoms with Crippen LogP contribution >= 0.6 is 11.3 Å². The molecular formula is C27H29N5O6S. The van der Waals surface area contributed by atoms with Gasteiger partial charge in [-0.05, 0) is 75.2 Å². The molecule has 1 aliphatic carbocycles. The van der Waals surface area contributed by atoms with Crippen LogP contribution in [0.25, 0.3) is 0 Å². The molecule has 0 aliphatic heterocycles. The number of carbonyl (C=O) groups is 4. The van der Waals surface area contributed by atoms with Crippen molar-refractivity contribution in [1.29, 1.82) is 0 Å². The fourth-order valence-corrected chi connectivity index (χ4v) is 5.05. The highest BCUT2D eigenvalue weighted by Crippen LogP contribution is 2.30. The Kier molecular flexibility index (Phi) is 9.10. The fraction of sp³-hybridized carbons (Fsp3) is 0.296. The van der Waals surface area contributed by atoms with E-state index in [1.807, 2.05) is 0 Å².